The zero-order valence-electron chi connectivity index (χ0n) is 19.5. The van der Waals surface area contributed by atoms with Crippen LogP contribution in [0.3, 0.4) is 0 Å². The van der Waals surface area contributed by atoms with E-state index in [1.807, 2.05) is 71.4 Å². The minimum Gasteiger partial charge on any atom is -0.481 e. The number of benzene rings is 2. The van der Waals surface area contributed by atoms with Crippen molar-refractivity contribution in [3.8, 4) is 0 Å². The molecule has 178 valence electrons. The van der Waals surface area contributed by atoms with E-state index in [0.29, 0.717) is 0 Å². The molecule has 2 saturated carbocycles. The number of amides is 3. The number of aliphatic carboxylic acids is 1. The molecule has 0 saturated heterocycles. The molecule has 5 rings (SSSR count). The number of carboxylic acids is 1. The highest BCUT2D eigenvalue weighted by molar-refractivity contribution is 6.04. The van der Waals surface area contributed by atoms with E-state index in [4.69, 9.17) is 5.11 Å². The van der Waals surface area contributed by atoms with Gasteiger partial charge >= 0.3 is 12.0 Å². The highest BCUT2D eigenvalue weighted by Crippen LogP contribution is 2.52. The zero-order valence-corrected chi connectivity index (χ0v) is 19.5. The van der Waals surface area contributed by atoms with Crippen LogP contribution in [0.2, 0.25) is 0 Å². The first-order chi connectivity index (χ1) is 16.5. The first-order valence-corrected chi connectivity index (χ1v) is 12.2. The fourth-order valence-corrected chi connectivity index (χ4v) is 5.83. The lowest BCUT2D eigenvalue weighted by Gasteiger charge is -2.48. The van der Waals surface area contributed by atoms with E-state index in [-0.39, 0.29) is 48.8 Å². The van der Waals surface area contributed by atoms with Gasteiger partial charge in [0, 0.05) is 37.2 Å². The summed E-state index contributed by atoms with van der Waals surface area (Å²) in [7, 11) is 1.81. The second kappa shape index (κ2) is 9.12. The molecule has 2 aromatic rings. The van der Waals surface area contributed by atoms with Gasteiger partial charge in [0.05, 0.1) is 18.2 Å². The van der Waals surface area contributed by atoms with Crippen LogP contribution in [-0.4, -0.2) is 47.0 Å². The molecule has 3 amide bonds. The lowest BCUT2D eigenvalue weighted by Crippen LogP contribution is -2.55. The second-order valence-corrected chi connectivity index (χ2v) is 9.64. The predicted molar refractivity (Wildman–Crippen MR) is 130 cm³/mol. The second-order valence-electron chi connectivity index (χ2n) is 9.64. The van der Waals surface area contributed by atoms with Crippen LogP contribution in [0.1, 0.15) is 56.6 Å². The van der Waals surface area contributed by atoms with Gasteiger partial charge in [0.2, 0.25) is 5.91 Å². The maximum Gasteiger partial charge on any atom is 0.328 e. The molecule has 0 radical (unpaired) electrons. The summed E-state index contributed by atoms with van der Waals surface area (Å²) < 4.78 is 0. The number of hydrogen-bond acceptors (Lipinski definition) is 3. The van der Waals surface area contributed by atoms with E-state index in [0.717, 1.165) is 49.0 Å². The highest BCUT2D eigenvalue weighted by Gasteiger charge is 2.51. The first kappa shape index (κ1) is 22.4. The monoisotopic (exact) mass is 461 g/mol. The summed E-state index contributed by atoms with van der Waals surface area (Å²) in [5, 5.41) is 9.14. The van der Waals surface area contributed by atoms with Crippen molar-refractivity contribution in [2.24, 2.45) is 5.92 Å². The van der Waals surface area contributed by atoms with E-state index < -0.39 is 5.97 Å². The molecule has 1 heterocycles. The van der Waals surface area contributed by atoms with Crippen LogP contribution in [0.15, 0.2) is 54.6 Å². The lowest BCUT2D eigenvalue weighted by atomic mass is 9.81. The van der Waals surface area contributed by atoms with Crippen molar-refractivity contribution < 1.29 is 19.5 Å². The van der Waals surface area contributed by atoms with Crippen LogP contribution in [0.5, 0.6) is 0 Å². The Hall–Kier alpha value is -3.35. The fourth-order valence-electron chi connectivity index (χ4n) is 5.83. The normalized spacial score (nSPS) is 23.1. The number of para-hydroxylation sites is 2. The van der Waals surface area contributed by atoms with E-state index in [9.17, 15) is 14.4 Å². The number of fused-ring (bicyclic) bond motifs is 2. The molecule has 0 spiro atoms. The number of carbonyl (C=O) groups is 3. The summed E-state index contributed by atoms with van der Waals surface area (Å²) in [6.45, 7) is 0. The predicted octanol–water partition coefficient (Wildman–Crippen LogP) is 4.83. The molecule has 0 bridgehead atoms. The maximum atomic E-state index is 13.8. The topological polar surface area (TPSA) is 81.2 Å². The van der Waals surface area contributed by atoms with Gasteiger partial charge in [0.15, 0.2) is 0 Å². The molecule has 3 aliphatic rings. The number of carbonyl (C=O) groups excluding carboxylic acids is 2. The minimum absolute atomic E-state index is 0.00656. The number of hydrogen-bond donors (Lipinski definition) is 1. The molecule has 1 aliphatic heterocycles. The minimum atomic E-state index is -0.951. The lowest BCUT2D eigenvalue weighted by molar-refractivity contribution is -0.142. The summed E-state index contributed by atoms with van der Waals surface area (Å²) in [6.07, 6.45) is 4.60. The van der Waals surface area contributed by atoms with E-state index in [1.54, 1.807) is 4.90 Å². The van der Waals surface area contributed by atoms with Gasteiger partial charge in [0.1, 0.15) is 0 Å². The number of urea groups is 1. The largest absolute Gasteiger partial charge is 0.481 e. The summed E-state index contributed by atoms with van der Waals surface area (Å²) in [6, 6.07) is 17.6. The molecular weight excluding hydrogens is 430 g/mol. The Kier molecular flexibility index (Phi) is 6.02. The highest BCUT2D eigenvalue weighted by atomic mass is 16.4. The van der Waals surface area contributed by atoms with Crippen molar-refractivity contribution in [3.05, 3.63) is 60.2 Å². The van der Waals surface area contributed by atoms with Crippen molar-refractivity contribution in [2.45, 2.75) is 63.1 Å². The third kappa shape index (κ3) is 4.04. The van der Waals surface area contributed by atoms with Crippen molar-refractivity contribution in [3.63, 3.8) is 0 Å². The van der Waals surface area contributed by atoms with Gasteiger partial charge in [-0.15, -0.1) is 0 Å². The van der Waals surface area contributed by atoms with Crippen LogP contribution < -0.4 is 9.80 Å². The smallest absolute Gasteiger partial charge is 0.328 e. The van der Waals surface area contributed by atoms with E-state index in [2.05, 4.69) is 0 Å². The number of anilines is 2. The van der Waals surface area contributed by atoms with Gasteiger partial charge in [-0.25, -0.2) is 4.79 Å². The molecule has 34 heavy (non-hydrogen) atoms. The number of rotatable bonds is 6. The van der Waals surface area contributed by atoms with E-state index >= 15 is 0 Å². The Morgan fingerprint density at radius 1 is 0.941 bits per heavy atom. The van der Waals surface area contributed by atoms with Gasteiger partial charge in [-0.1, -0.05) is 42.8 Å². The Morgan fingerprint density at radius 3 is 2.35 bits per heavy atom. The molecule has 0 unspecified atom stereocenters. The molecule has 2 fully saturated rings. The number of carboxylic acid groups (broad SMARTS) is 1. The summed E-state index contributed by atoms with van der Waals surface area (Å²) in [5.41, 5.74) is 2.70. The molecule has 1 N–H and O–H groups in total. The number of nitrogens with zero attached hydrogens (tertiary/aromatic N) is 3. The van der Waals surface area contributed by atoms with Gasteiger partial charge in [0.25, 0.3) is 0 Å². The quantitative estimate of drug-likeness (QED) is 0.668. The molecule has 2 aromatic carbocycles. The first-order valence-electron chi connectivity index (χ1n) is 12.2. The molecular formula is C27H31N3O4. The van der Waals surface area contributed by atoms with Crippen molar-refractivity contribution in [2.75, 3.05) is 16.8 Å². The van der Waals surface area contributed by atoms with Crippen molar-refractivity contribution >= 4 is 29.3 Å². The Morgan fingerprint density at radius 2 is 1.65 bits per heavy atom. The molecule has 7 heteroatoms. The van der Waals surface area contributed by atoms with E-state index in [1.165, 1.54) is 0 Å². The SMILES string of the molecule is CN(C(=O)N1c2ccccc2[C@H](N(C(=O)CCC(=O)O)C2CC2)[C@H]2CCC[C@H]21)c1ccccc1. The molecule has 3 atom stereocenters. The average molecular weight is 462 g/mol. The molecule has 0 aromatic heterocycles. The molecule has 7 nitrogen and oxygen atoms in total. The van der Waals surface area contributed by atoms with Crippen molar-refractivity contribution in [1.82, 2.24) is 4.90 Å². The third-order valence-corrected chi connectivity index (χ3v) is 7.50. The van der Waals surface area contributed by atoms with Gasteiger partial charge in [-0.3, -0.25) is 19.4 Å². The maximum absolute atomic E-state index is 13.8. The van der Waals surface area contributed by atoms with Crippen molar-refractivity contribution in [1.29, 1.82) is 0 Å². The average Bonchev–Trinajstić information content (AvgIpc) is 3.57. The van der Waals surface area contributed by atoms with Gasteiger partial charge < -0.3 is 10.0 Å². The van der Waals surface area contributed by atoms with Crippen LogP contribution in [0.25, 0.3) is 0 Å². The summed E-state index contributed by atoms with van der Waals surface area (Å²) >= 11 is 0. The van der Waals surface area contributed by atoms with Crippen LogP contribution in [-0.2, 0) is 9.59 Å². The van der Waals surface area contributed by atoms with Crippen LogP contribution in [0.4, 0.5) is 16.2 Å². The standard InChI is InChI=1S/C27H31N3O4/c1-28(18-8-3-2-4-9-18)27(34)30-22-12-6-5-10-20(22)26(21-11-7-13-23(21)30)29(19-14-15-19)24(31)16-17-25(32)33/h2-6,8-10,12,19,21,23,26H,7,11,13-17H2,1H3,(H,32,33)/t21-,23+,26-/m0/s1. The van der Waals surface area contributed by atoms with Crippen LogP contribution >= 0.6 is 0 Å². The Balaban J connectivity index is 1.53. The third-order valence-electron chi connectivity index (χ3n) is 7.50. The van der Waals surface area contributed by atoms with Gasteiger partial charge in [-0.05, 0) is 49.4 Å². The Labute approximate surface area is 200 Å². The Bertz CT molecular complexity index is 1080. The van der Waals surface area contributed by atoms with Crippen LogP contribution in [0, 0.1) is 5.92 Å². The van der Waals surface area contributed by atoms with Gasteiger partial charge in [-0.2, -0.15) is 0 Å². The molecule has 2 aliphatic carbocycles. The zero-order chi connectivity index (χ0) is 23.8. The summed E-state index contributed by atoms with van der Waals surface area (Å²) in [5.74, 6) is -0.901. The fraction of sp³-hybridized carbons (Fsp3) is 0.444. The summed E-state index contributed by atoms with van der Waals surface area (Å²) in [4.78, 5) is 43.9.